The van der Waals surface area contributed by atoms with E-state index < -0.39 is 0 Å². The van der Waals surface area contributed by atoms with Gasteiger partial charge in [-0.1, -0.05) is 39.0 Å². The van der Waals surface area contributed by atoms with Gasteiger partial charge in [0, 0.05) is 6.54 Å². The summed E-state index contributed by atoms with van der Waals surface area (Å²) in [7, 11) is 1.62. The van der Waals surface area contributed by atoms with Crippen molar-refractivity contribution in [2.75, 3.05) is 20.3 Å². The van der Waals surface area contributed by atoms with Crippen LogP contribution >= 0.6 is 12.2 Å². The number of hydrogen-bond donors (Lipinski definition) is 2. The monoisotopic (exact) mass is 444 g/mol. The van der Waals surface area contributed by atoms with E-state index in [4.69, 9.17) is 26.4 Å². The number of para-hydroxylation sites is 1. The second-order valence-electron chi connectivity index (χ2n) is 7.50. The first kappa shape index (κ1) is 24.5. The first-order valence-electron chi connectivity index (χ1n) is 10.5. The summed E-state index contributed by atoms with van der Waals surface area (Å²) in [5, 5.41) is 6.00. The normalized spacial score (nSPS) is 10.5. The van der Waals surface area contributed by atoms with Crippen LogP contribution in [0.4, 0.5) is 0 Å². The van der Waals surface area contributed by atoms with Crippen molar-refractivity contribution >= 4 is 23.2 Å². The molecule has 2 N–H and O–H groups in total. The molecular weight excluding hydrogens is 412 g/mol. The summed E-state index contributed by atoms with van der Waals surface area (Å²) < 4.78 is 16.9. The highest BCUT2D eigenvalue weighted by Gasteiger charge is 2.13. The molecule has 6 nitrogen and oxygen atoms in total. The van der Waals surface area contributed by atoms with Gasteiger partial charge in [-0.25, -0.2) is 0 Å². The second kappa shape index (κ2) is 12.8. The summed E-state index contributed by atoms with van der Waals surface area (Å²) in [5.41, 5.74) is 1.40. The number of ether oxygens (including phenoxy) is 3. The Balaban J connectivity index is 1.91. The molecule has 0 saturated heterocycles. The van der Waals surface area contributed by atoms with Gasteiger partial charge in [0.25, 0.3) is 5.91 Å². The first-order valence-corrected chi connectivity index (χ1v) is 11.0. The Morgan fingerprint density at radius 3 is 2.48 bits per heavy atom. The maximum Gasteiger partial charge on any atom is 0.261 e. The molecule has 0 unspecified atom stereocenters. The second-order valence-corrected chi connectivity index (χ2v) is 7.91. The minimum absolute atomic E-state index is 0.242. The van der Waals surface area contributed by atoms with Gasteiger partial charge in [0.05, 0.1) is 25.9 Å². The molecule has 0 aromatic heterocycles. The lowest BCUT2D eigenvalue weighted by Gasteiger charge is -2.15. The van der Waals surface area contributed by atoms with E-state index in [1.165, 1.54) is 0 Å². The number of carbonyl (C=O) groups excluding carboxylic acids is 1. The molecule has 0 saturated carbocycles. The zero-order valence-electron chi connectivity index (χ0n) is 18.7. The highest BCUT2D eigenvalue weighted by Crippen LogP contribution is 2.28. The third kappa shape index (κ3) is 8.09. The van der Waals surface area contributed by atoms with Gasteiger partial charge < -0.3 is 19.5 Å². The lowest BCUT2D eigenvalue weighted by atomic mass is 10.1. The van der Waals surface area contributed by atoms with E-state index in [0.29, 0.717) is 48.5 Å². The van der Waals surface area contributed by atoms with Gasteiger partial charge in [0.1, 0.15) is 5.75 Å². The van der Waals surface area contributed by atoms with Gasteiger partial charge in [-0.15, -0.1) is 0 Å². The average molecular weight is 445 g/mol. The Morgan fingerprint density at radius 1 is 1.03 bits per heavy atom. The van der Waals surface area contributed by atoms with E-state index >= 15 is 0 Å². The van der Waals surface area contributed by atoms with Gasteiger partial charge in [0.2, 0.25) is 0 Å². The Hall–Kier alpha value is -2.80. The summed E-state index contributed by atoms with van der Waals surface area (Å²) in [4.78, 5) is 12.6. The number of benzene rings is 2. The van der Waals surface area contributed by atoms with Crippen molar-refractivity contribution in [3.63, 3.8) is 0 Å². The van der Waals surface area contributed by atoms with Crippen molar-refractivity contribution in [3.05, 3.63) is 53.6 Å². The molecule has 31 heavy (non-hydrogen) atoms. The molecule has 7 heteroatoms. The molecule has 0 spiro atoms. The molecule has 2 rings (SSSR count). The van der Waals surface area contributed by atoms with E-state index in [-0.39, 0.29) is 11.0 Å². The van der Waals surface area contributed by atoms with E-state index in [9.17, 15) is 4.79 Å². The predicted octanol–water partition coefficient (Wildman–Crippen LogP) is 4.71. The highest BCUT2D eigenvalue weighted by molar-refractivity contribution is 7.80. The molecule has 0 atom stereocenters. The molecular formula is C24H32N2O4S. The van der Waals surface area contributed by atoms with Crippen LogP contribution in [0.5, 0.6) is 17.2 Å². The number of methoxy groups -OCH3 is 1. The van der Waals surface area contributed by atoms with Crippen LogP contribution in [0.1, 0.15) is 49.5 Å². The summed E-state index contributed by atoms with van der Waals surface area (Å²) in [6.07, 6.45) is 1.84. The van der Waals surface area contributed by atoms with E-state index in [2.05, 4.69) is 24.5 Å². The Kier molecular flexibility index (Phi) is 10.1. The molecule has 0 bridgehead atoms. The van der Waals surface area contributed by atoms with Crippen LogP contribution in [0.3, 0.4) is 0 Å². The van der Waals surface area contributed by atoms with E-state index in [1.54, 1.807) is 25.3 Å². The standard InChI is InChI=1S/C24H32N2O4S/c1-5-13-29-20-9-7-6-8-19(20)23(27)26-24(31)25-16-18-10-11-21(22(15-18)28-4)30-14-12-17(2)3/h6-11,15,17H,5,12-14,16H2,1-4H3,(H2,25,26,27,31). The van der Waals surface area contributed by atoms with Crippen LogP contribution in [0.15, 0.2) is 42.5 Å². The summed E-state index contributed by atoms with van der Waals surface area (Å²) in [6.45, 7) is 7.97. The highest BCUT2D eigenvalue weighted by atomic mass is 32.1. The fourth-order valence-electron chi connectivity index (χ4n) is 2.73. The molecule has 1 amide bonds. The molecule has 0 heterocycles. The van der Waals surface area contributed by atoms with Crippen molar-refractivity contribution < 1.29 is 19.0 Å². The number of carbonyl (C=O) groups is 1. The van der Waals surface area contributed by atoms with Gasteiger partial charge in [0.15, 0.2) is 16.6 Å². The molecule has 2 aromatic carbocycles. The minimum atomic E-state index is -0.310. The molecule has 2 aromatic rings. The smallest absolute Gasteiger partial charge is 0.261 e. The Morgan fingerprint density at radius 2 is 1.77 bits per heavy atom. The first-order chi connectivity index (χ1) is 14.9. The van der Waals surface area contributed by atoms with Gasteiger partial charge in [-0.05, 0) is 60.8 Å². The Bertz CT molecular complexity index is 870. The van der Waals surface area contributed by atoms with Gasteiger partial charge >= 0.3 is 0 Å². The molecule has 0 aliphatic carbocycles. The zero-order chi connectivity index (χ0) is 22.6. The molecule has 0 aliphatic rings. The SMILES string of the molecule is CCCOc1ccccc1C(=O)NC(=S)NCc1ccc(OCCC(C)C)c(OC)c1. The largest absolute Gasteiger partial charge is 0.493 e. The molecule has 0 radical (unpaired) electrons. The van der Waals surface area contributed by atoms with Crippen molar-refractivity contribution in [3.8, 4) is 17.2 Å². The van der Waals surface area contributed by atoms with Crippen LogP contribution in [0.25, 0.3) is 0 Å². The summed E-state index contributed by atoms with van der Waals surface area (Å²) >= 11 is 5.29. The van der Waals surface area contributed by atoms with E-state index in [1.807, 2.05) is 31.2 Å². The van der Waals surface area contributed by atoms with Crippen molar-refractivity contribution in [1.82, 2.24) is 10.6 Å². The van der Waals surface area contributed by atoms with Crippen LogP contribution in [0, 0.1) is 5.92 Å². The van der Waals surface area contributed by atoms with Gasteiger partial charge in [-0.2, -0.15) is 0 Å². The van der Waals surface area contributed by atoms with Crippen LogP contribution in [0.2, 0.25) is 0 Å². The molecule has 168 valence electrons. The quantitative estimate of drug-likeness (QED) is 0.489. The van der Waals surface area contributed by atoms with Crippen molar-refractivity contribution in [1.29, 1.82) is 0 Å². The molecule has 0 aliphatic heterocycles. The maximum absolute atomic E-state index is 12.6. The fraction of sp³-hybridized carbons (Fsp3) is 0.417. The van der Waals surface area contributed by atoms with Crippen molar-refractivity contribution in [2.45, 2.75) is 40.2 Å². The number of nitrogens with one attached hydrogen (secondary N) is 2. The van der Waals surface area contributed by atoms with Crippen LogP contribution in [-0.4, -0.2) is 31.3 Å². The third-order valence-corrected chi connectivity index (χ3v) is 4.70. The fourth-order valence-corrected chi connectivity index (χ4v) is 2.90. The van der Waals surface area contributed by atoms with Crippen molar-refractivity contribution in [2.24, 2.45) is 5.92 Å². The zero-order valence-corrected chi connectivity index (χ0v) is 19.5. The summed E-state index contributed by atoms with van der Waals surface area (Å²) in [6, 6.07) is 12.8. The van der Waals surface area contributed by atoms with Crippen LogP contribution in [-0.2, 0) is 6.54 Å². The lowest BCUT2D eigenvalue weighted by molar-refractivity contribution is 0.0972. The van der Waals surface area contributed by atoms with Crippen LogP contribution < -0.4 is 24.8 Å². The van der Waals surface area contributed by atoms with E-state index in [0.717, 1.165) is 18.4 Å². The number of hydrogen-bond acceptors (Lipinski definition) is 5. The average Bonchev–Trinajstić information content (AvgIpc) is 2.76. The molecule has 0 fully saturated rings. The van der Waals surface area contributed by atoms with Gasteiger partial charge in [-0.3, -0.25) is 10.1 Å². The number of amides is 1. The lowest BCUT2D eigenvalue weighted by Crippen LogP contribution is -2.39. The number of thiocarbonyl (C=S) groups is 1. The maximum atomic E-state index is 12.6. The number of rotatable bonds is 11. The minimum Gasteiger partial charge on any atom is -0.493 e. The Labute approximate surface area is 190 Å². The topological polar surface area (TPSA) is 68.8 Å². The third-order valence-electron chi connectivity index (χ3n) is 4.45. The summed E-state index contributed by atoms with van der Waals surface area (Å²) in [5.74, 6) is 2.19. The predicted molar refractivity (Wildman–Crippen MR) is 127 cm³/mol.